The highest BCUT2D eigenvalue weighted by molar-refractivity contribution is 7.23. The summed E-state index contributed by atoms with van der Waals surface area (Å²) >= 11 is 0.867. The third-order valence-electron chi connectivity index (χ3n) is 11.4. The fraction of sp³-hybridized carbons (Fsp3) is 0.564. The summed E-state index contributed by atoms with van der Waals surface area (Å²) in [7, 11) is -1.89. The van der Waals surface area contributed by atoms with Gasteiger partial charge < -0.3 is 24.1 Å². The number of carbonyl (C=O) groups excluding carboxylic acids is 1. The number of amides is 1. The summed E-state index contributed by atoms with van der Waals surface area (Å²) in [5.74, 6) is -0.948. The number of anilines is 2. The van der Waals surface area contributed by atoms with Crippen LogP contribution in [0.1, 0.15) is 91.3 Å². The highest BCUT2D eigenvalue weighted by Gasteiger charge is 2.50. The van der Waals surface area contributed by atoms with E-state index in [1.165, 1.54) is 0 Å². The minimum atomic E-state index is -1.89. The molecule has 3 aromatic heterocycles. The van der Waals surface area contributed by atoms with E-state index in [1.807, 2.05) is 0 Å². The van der Waals surface area contributed by atoms with Crippen molar-refractivity contribution in [3.8, 4) is 17.3 Å². The number of fused-ring (bicyclic) bond motifs is 4. The number of carbonyl (C=O) groups is 1. The van der Waals surface area contributed by atoms with Crippen LogP contribution in [0, 0.1) is 23.0 Å². The van der Waals surface area contributed by atoms with Crippen molar-refractivity contribution in [1.82, 2.24) is 20.3 Å². The second kappa shape index (κ2) is 13.4. The number of benzene rings is 1. The Morgan fingerprint density at radius 2 is 1.83 bits per heavy atom. The lowest BCUT2D eigenvalue weighted by molar-refractivity contribution is -0.0297. The zero-order valence-corrected chi connectivity index (χ0v) is 34.5. The van der Waals surface area contributed by atoms with Crippen molar-refractivity contribution in [2.24, 2.45) is 0 Å². The molecule has 15 heteroatoms. The first-order valence-electron chi connectivity index (χ1n) is 18.5. The molecule has 11 nitrogen and oxygen atoms in total. The summed E-state index contributed by atoms with van der Waals surface area (Å²) in [4.78, 5) is 28.7. The van der Waals surface area contributed by atoms with Crippen LogP contribution in [0.4, 0.5) is 24.5 Å². The predicted molar refractivity (Wildman–Crippen MR) is 209 cm³/mol. The van der Waals surface area contributed by atoms with Gasteiger partial charge in [-0.25, -0.2) is 23.5 Å². The van der Waals surface area contributed by atoms with Gasteiger partial charge in [0, 0.05) is 47.2 Å². The van der Waals surface area contributed by atoms with Gasteiger partial charge in [-0.05, 0) is 83.1 Å². The Morgan fingerprint density at radius 3 is 2.50 bits per heavy atom. The average Bonchev–Trinajstić information content (AvgIpc) is 3.77. The molecule has 3 aliphatic rings. The summed E-state index contributed by atoms with van der Waals surface area (Å²) in [5, 5.41) is 17.6. The Hall–Kier alpha value is -3.81. The first-order chi connectivity index (χ1) is 25.2. The van der Waals surface area contributed by atoms with Crippen molar-refractivity contribution in [1.29, 1.82) is 5.26 Å². The van der Waals surface area contributed by atoms with Crippen molar-refractivity contribution in [3.63, 3.8) is 0 Å². The Kier molecular flexibility index (Phi) is 9.57. The standard InChI is InChI=1S/C39H49F2N7O4SSi/c1-20-27(45-21-13-39(8,14-21)52-54(9,10)38(5,6)7)11-12-48(20)35-44-16-23-24-18-50-19-25(24)28(30(41)31(23)46-35)32-29-22(15-42)34(47-36(49)51-37(2,3)4)53-33(29)26(40)17-43-32/h16-17,20-21,27,45H,11-14,18-19H2,1-10H3,(H,47,49)/t20-,21?,27-,39?/m0/s1. The first-order valence-corrected chi connectivity index (χ1v) is 22.2. The Labute approximate surface area is 319 Å². The van der Waals surface area contributed by atoms with Crippen molar-refractivity contribution < 1.29 is 27.5 Å². The van der Waals surface area contributed by atoms with Gasteiger partial charge in [0.25, 0.3) is 0 Å². The number of rotatable bonds is 7. The molecule has 2 fully saturated rings. The van der Waals surface area contributed by atoms with Gasteiger partial charge in [-0.3, -0.25) is 10.3 Å². The molecule has 5 heterocycles. The zero-order chi connectivity index (χ0) is 39.1. The molecule has 1 saturated carbocycles. The largest absolute Gasteiger partial charge is 0.444 e. The summed E-state index contributed by atoms with van der Waals surface area (Å²) in [6.45, 7) is 21.9. The molecule has 1 aliphatic carbocycles. The van der Waals surface area contributed by atoms with Crippen LogP contribution in [-0.4, -0.2) is 65.2 Å². The third kappa shape index (κ3) is 6.85. The quantitative estimate of drug-likeness (QED) is 0.175. The van der Waals surface area contributed by atoms with Crippen LogP contribution < -0.4 is 15.5 Å². The number of nitrogens with zero attached hydrogens (tertiary/aromatic N) is 5. The van der Waals surface area contributed by atoms with Crippen LogP contribution >= 0.6 is 11.3 Å². The molecular formula is C39H49F2N7O4SSi. The molecule has 288 valence electrons. The normalized spacial score (nSPS) is 23.1. The van der Waals surface area contributed by atoms with E-state index in [1.54, 1.807) is 27.0 Å². The van der Waals surface area contributed by atoms with Crippen LogP contribution in [0.2, 0.25) is 18.1 Å². The third-order valence-corrected chi connectivity index (χ3v) is 17.2. The van der Waals surface area contributed by atoms with Crippen LogP contribution in [0.3, 0.4) is 0 Å². The molecule has 7 rings (SSSR count). The number of ether oxygens (including phenoxy) is 2. The molecule has 0 radical (unpaired) electrons. The smallest absolute Gasteiger partial charge is 0.412 e. The van der Waals surface area contributed by atoms with Crippen molar-refractivity contribution in [2.75, 3.05) is 16.8 Å². The maximum Gasteiger partial charge on any atom is 0.412 e. The van der Waals surface area contributed by atoms with E-state index in [-0.39, 0.29) is 73.4 Å². The molecular weight excluding hydrogens is 729 g/mol. The second-order valence-electron chi connectivity index (χ2n) is 17.7. The lowest BCUT2D eigenvalue weighted by atomic mass is 9.77. The number of pyridine rings is 1. The topological polar surface area (TPSA) is 135 Å². The first kappa shape index (κ1) is 38.5. The van der Waals surface area contributed by atoms with Crippen molar-refractivity contribution in [2.45, 2.75) is 135 Å². The van der Waals surface area contributed by atoms with Crippen LogP contribution in [0.25, 0.3) is 32.2 Å². The summed E-state index contributed by atoms with van der Waals surface area (Å²) < 4.78 is 50.5. The van der Waals surface area contributed by atoms with Gasteiger partial charge in [0.2, 0.25) is 5.95 Å². The molecule has 0 unspecified atom stereocenters. The van der Waals surface area contributed by atoms with E-state index in [2.05, 4.69) is 74.3 Å². The molecule has 2 aliphatic heterocycles. The molecule has 0 bridgehead atoms. The monoisotopic (exact) mass is 777 g/mol. The maximum absolute atomic E-state index is 17.1. The van der Waals surface area contributed by atoms with Gasteiger partial charge in [-0.2, -0.15) is 5.26 Å². The molecule has 2 N–H and O–H groups in total. The molecule has 1 aromatic carbocycles. The predicted octanol–water partition coefficient (Wildman–Crippen LogP) is 8.93. The SMILES string of the molecule is C[C@H]1[C@@H](NC2CC(C)(O[Si](C)(C)C(C)(C)C)C2)CCN1c1ncc2c3c(c(-c4ncc(F)c5sc(NC(=O)OC(C)(C)C)c(C#N)c45)c(F)c2n1)COC3. The molecule has 54 heavy (non-hydrogen) atoms. The number of halogens is 2. The van der Waals surface area contributed by atoms with E-state index in [4.69, 9.17) is 23.9 Å². The van der Waals surface area contributed by atoms with Crippen molar-refractivity contribution >= 4 is 57.7 Å². The van der Waals surface area contributed by atoms with E-state index in [9.17, 15) is 10.1 Å². The number of thiophene rings is 1. The molecule has 2 atom stereocenters. The second-order valence-corrected chi connectivity index (χ2v) is 23.4. The number of hydrogen-bond donors (Lipinski definition) is 2. The lowest BCUT2D eigenvalue weighted by Crippen LogP contribution is -2.61. The lowest BCUT2D eigenvalue weighted by Gasteiger charge is -2.52. The molecule has 1 saturated heterocycles. The van der Waals surface area contributed by atoms with Crippen LogP contribution in [0.5, 0.6) is 0 Å². The van der Waals surface area contributed by atoms with E-state index in [0.717, 1.165) is 42.4 Å². The van der Waals surface area contributed by atoms with Crippen LogP contribution in [-0.2, 0) is 27.1 Å². The average molecular weight is 778 g/mol. The summed E-state index contributed by atoms with van der Waals surface area (Å²) in [5.41, 5.74) is 0.547. The van der Waals surface area contributed by atoms with E-state index >= 15 is 8.78 Å². The number of aromatic nitrogens is 3. The fourth-order valence-corrected chi connectivity index (χ4v) is 10.6. The minimum absolute atomic E-state index is 0.0406. The highest BCUT2D eigenvalue weighted by Crippen LogP contribution is 2.47. The number of nitriles is 1. The highest BCUT2D eigenvalue weighted by atomic mass is 32.1. The minimum Gasteiger partial charge on any atom is -0.444 e. The molecule has 4 aromatic rings. The summed E-state index contributed by atoms with van der Waals surface area (Å²) in [6.07, 6.45) is 4.66. The van der Waals surface area contributed by atoms with E-state index in [0.29, 0.717) is 29.5 Å². The van der Waals surface area contributed by atoms with Gasteiger partial charge >= 0.3 is 6.09 Å². The van der Waals surface area contributed by atoms with Gasteiger partial charge in [0.05, 0.1) is 41.0 Å². The van der Waals surface area contributed by atoms with Gasteiger partial charge in [-0.15, -0.1) is 11.3 Å². The van der Waals surface area contributed by atoms with Gasteiger partial charge in [0.1, 0.15) is 22.2 Å². The fourth-order valence-electron chi connectivity index (χ4n) is 7.84. The zero-order valence-electron chi connectivity index (χ0n) is 32.7. The Balaban J connectivity index is 1.19. The van der Waals surface area contributed by atoms with E-state index < -0.39 is 31.6 Å². The molecule has 1 amide bonds. The Morgan fingerprint density at radius 1 is 1.13 bits per heavy atom. The van der Waals surface area contributed by atoms with Gasteiger partial charge in [0.15, 0.2) is 20.0 Å². The molecule has 0 spiro atoms. The van der Waals surface area contributed by atoms with Gasteiger partial charge in [-0.1, -0.05) is 20.8 Å². The van der Waals surface area contributed by atoms with Crippen LogP contribution in [0.15, 0.2) is 12.4 Å². The van der Waals surface area contributed by atoms with Crippen molar-refractivity contribution in [3.05, 3.63) is 40.7 Å². The Bertz CT molecular complexity index is 2200. The maximum atomic E-state index is 17.1. The number of nitrogens with one attached hydrogen (secondary N) is 2. The number of hydrogen-bond acceptors (Lipinski definition) is 11. The summed E-state index contributed by atoms with van der Waals surface area (Å²) in [6, 6.07) is 2.68.